The zero-order valence-corrected chi connectivity index (χ0v) is 22.2. The lowest BCUT2D eigenvalue weighted by atomic mass is 9.84. The fourth-order valence-electron chi connectivity index (χ4n) is 6.12. The number of thiophene rings is 1. The van der Waals surface area contributed by atoms with Gasteiger partial charge < -0.3 is 10.0 Å². The molecule has 2 aliphatic heterocycles. The minimum absolute atomic E-state index is 0.143. The summed E-state index contributed by atoms with van der Waals surface area (Å²) in [6, 6.07) is 19.8. The van der Waals surface area contributed by atoms with E-state index in [0.29, 0.717) is 11.8 Å². The van der Waals surface area contributed by atoms with E-state index in [-0.39, 0.29) is 10.6 Å². The highest BCUT2D eigenvalue weighted by Gasteiger charge is 2.37. The third-order valence-electron chi connectivity index (χ3n) is 8.27. The number of non-ortho nitro benzene ring substituents is 1. The van der Waals surface area contributed by atoms with E-state index in [1.165, 1.54) is 11.1 Å². The monoisotopic (exact) mass is 519 g/mol. The van der Waals surface area contributed by atoms with Crippen LogP contribution >= 0.6 is 11.3 Å². The van der Waals surface area contributed by atoms with Crippen molar-refractivity contribution in [2.45, 2.75) is 50.2 Å². The van der Waals surface area contributed by atoms with Gasteiger partial charge in [-0.25, -0.2) is 0 Å². The first-order valence-corrected chi connectivity index (χ1v) is 14.4. The van der Waals surface area contributed by atoms with Crippen molar-refractivity contribution in [2.24, 2.45) is 5.92 Å². The van der Waals surface area contributed by atoms with E-state index in [1.807, 2.05) is 12.1 Å². The maximum atomic E-state index is 11.2. The number of rotatable bonds is 10. The first kappa shape index (κ1) is 26.0. The van der Waals surface area contributed by atoms with Crippen LogP contribution in [0.4, 0.5) is 5.69 Å². The van der Waals surface area contributed by atoms with Gasteiger partial charge in [-0.3, -0.25) is 15.0 Å². The quantitative estimate of drug-likeness (QED) is 0.274. The number of aliphatic hydroxyl groups is 1. The molecule has 2 aromatic carbocycles. The Morgan fingerprint density at radius 3 is 2.41 bits per heavy atom. The average molecular weight is 520 g/mol. The molecule has 1 N–H and O–H groups in total. The molecular weight excluding hydrogens is 482 g/mol. The third kappa shape index (κ3) is 6.85. The fourth-order valence-corrected chi connectivity index (χ4v) is 6.84. The van der Waals surface area contributed by atoms with Gasteiger partial charge in [0.05, 0.1) is 10.5 Å². The Morgan fingerprint density at radius 2 is 1.73 bits per heavy atom. The first-order valence-electron chi connectivity index (χ1n) is 13.4. The van der Waals surface area contributed by atoms with Crippen LogP contribution in [0.15, 0.2) is 71.4 Å². The van der Waals surface area contributed by atoms with Crippen molar-refractivity contribution in [1.29, 1.82) is 0 Å². The van der Waals surface area contributed by atoms with Gasteiger partial charge >= 0.3 is 0 Å². The van der Waals surface area contributed by atoms with E-state index in [4.69, 9.17) is 0 Å². The Morgan fingerprint density at radius 1 is 0.973 bits per heavy atom. The van der Waals surface area contributed by atoms with Crippen molar-refractivity contribution < 1.29 is 10.0 Å². The van der Waals surface area contributed by atoms with Crippen LogP contribution in [0.1, 0.15) is 48.3 Å². The average Bonchev–Trinajstić information content (AvgIpc) is 3.57. The lowest BCUT2D eigenvalue weighted by Crippen LogP contribution is -2.46. The Balaban J connectivity index is 1.14. The van der Waals surface area contributed by atoms with Crippen molar-refractivity contribution in [3.05, 3.63) is 98.2 Å². The number of benzene rings is 2. The van der Waals surface area contributed by atoms with E-state index >= 15 is 0 Å². The van der Waals surface area contributed by atoms with E-state index in [1.54, 1.807) is 23.5 Å². The predicted molar refractivity (Wildman–Crippen MR) is 149 cm³/mol. The van der Waals surface area contributed by atoms with Crippen molar-refractivity contribution >= 4 is 17.0 Å². The third-order valence-corrected chi connectivity index (χ3v) is 8.97. The number of hydrogen-bond acceptors (Lipinski definition) is 6. The van der Waals surface area contributed by atoms with Gasteiger partial charge in [0.1, 0.15) is 0 Å². The lowest BCUT2D eigenvalue weighted by Gasteiger charge is -2.39. The van der Waals surface area contributed by atoms with Crippen molar-refractivity contribution in [3.63, 3.8) is 0 Å². The predicted octanol–water partition coefficient (Wildman–Crippen LogP) is 5.72. The molecule has 0 bridgehead atoms. The standard InChI is InChI=1S/C30H37N3O3S/c34-30(13-4-7-24-5-2-1-3-6-24)14-16-31(17-15-30)20-27-21-32(22-29(27)26-12-18-37-23-26)19-25-8-10-28(11-9-25)33(35)36/h1-3,5-6,8-12,18,23,27,29,34H,4,7,13-17,19-22H2. The molecule has 1 aromatic heterocycles. The first-order chi connectivity index (χ1) is 18.0. The van der Waals surface area contributed by atoms with Crippen molar-refractivity contribution in [2.75, 3.05) is 32.7 Å². The molecule has 0 spiro atoms. The maximum absolute atomic E-state index is 11.2. The molecule has 7 heteroatoms. The molecule has 0 amide bonds. The van der Waals surface area contributed by atoms with Gasteiger partial charge in [-0.2, -0.15) is 11.3 Å². The highest BCUT2D eigenvalue weighted by atomic mass is 32.1. The second-order valence-corrected chi connectivity index (χ2v) is 11.7. The summed E-state index contributed by atoms with van der Waals surface area (Å²) in [5, 5.41) is 26.7. The van der Waals surface area contributed by atoms with Gasteiger partial charge in [-0.15, -0.1) is 0 Å². The Bertz CT molecular complexity index is 1130. The van der Waals surface area contributed by atoms with Gasteiger partial charge in [-0.05, 0) is 71.5 Å². The van der Waals surface area contributed by atoms with Crippen LogP contribution in [0, 0.1) is 16.0 Å². The minimum atomic E-state index is -0.532. The Hall–Kier alpha value is -2.58. The molecule has 0 radical (unpaired) electrons. The Labute approximate surface area is 223 Å². The van der Waals surface area contributed by atoms with Gasteiger partial charge in [0.2, 0.25) is 0 Å². The summed E-state index contributed by atoms with van der Waals surface area (Å²) >= 11 is 1.76. The summed E-state index contributed by atoms with van der Waals surface area (Å²) in [5.41, 5.74) is 3.51. The maximum Gasteiger partial charge on any atom is 0.269 e. The zero-order chi connectivity index (χ0) is 25.7. The normalized spacial score (nSPS) is 22.3. The summed E-state index contributed by atoms with van der Waals surface area (Å²) in [6.07, 6.45) is 4.64. The molecule has 2 fully saturated rings. The number of nitro groups is 1. The number of hydrogen-bond donors (Lipinski definition) is 1. The number of nitro benzene ring substituents is 1. The summed E-state index contributed by atoms with van der Waals surface area (Å²) in [6.45, 7) is 5.81. The highest BCUT2D eigenvalue weighted by molar-refractivity contribution is 7.08. The molecule has 6 nitrogen and oxygen atoms in total. The summed E-state index contributed by atoms with van der Waals surface area (Å²) in [7, 11) is 0. The molecular formula is C30H37N3O3S. The Kier molecular flexibility index (Phi) is 8.35. The molecule has 37 heavy (non-hydrogen) atoms. The van der Waals surface area contributed by atoms with Gasteiger partial charge in [0.25, 0.3) is 5.69 Å². The zero-order valence-electron chi connectivity index (χ0n) is 21.4. The molecule has 2 saturated heterocycles. The summed E-state index contributed by atoms with van der Waals surface area (Å²) < 4.78 is 0. The molecule has 0 aliphatic carbocycles. The largest absolute Gasteiger partial charge is 0.390 e. The lowest BCUT2D eigenvalue weighted by molar-refractivity contribution is -0.384. The van der Waals surface area contributed by atoms with Crippen LogP contribution in [-0.4, -0.2) is 58.2 Å². The topological polar surface area (TPSA) is 69.9 Å². The van der Waals surface area contributed by atoms with Crippen LogP contribution in [-0.2, 0) is 13.0 Å². The van der Waals surface area contributed by atoms with Crippen LogP contribution in [0.5, 0.6) is 0 Å². The second-order valence-electron chi connectivity index (χ2n) is 10.9. The number of aryl methyl sites for hydroxylation is 1. The molecule has 2 atom stereocenters. The van der Waals surface area contributed by atoms with Crippen molar-refractivity contribution in [1.82, 2.24) is 9.80 Å². The smallest absolute Gasteiger partial charge is 0.269 e. The molecule has 0 saturated carbocycles. The van der Waals surface area contributed by atoms with E-state index in [0.717, 1.165) is 76.9 Å². The van der Waals surface area contributed by atoms with Gasteiger partial charge in [-0.1, -0.05) is 42.5 Å². The van der Waals surface area contributed by atoms with E-state index in [9.17, 15) is 15.2 Å². The van der Waals surface area contributed by atoms with Crippen molar-refractivity contribution in [3.8, 4) is 0 Å². The number of nitrogens with zero attached hydrogens (tertiary/aromatic N) is 3. The fraction of sp³-hybridized carbons (Fsp3) is 0.467. The van der Waals surface area contributed by atoms with Crippen LogP contribution in [0.2, 0.25) is 0 Å². The van der Waals surface area contributed by atoms with E-state index < -0.39 is 5.60 Å². The molecule has 3 heterocycles. The summed E-state index contributed by atoms with van der Waals surface area (Å²) in [5.74, 6) is 1.04. The molecule has 196 valence electrons. The van der Waals surface area contributed by atoms with Crippen LogP contribution in [0.3, 0.4) is 0 Å². The molecule has 5 rings (SSSR count). The van der Waals surface area contributed by atoms with Crippen LogP contribution in [0.25, 0.3) is 0 Å². The van der Waals surface area contributed by atoms with Crippen LogP contribution < -0.4 is 0 Å². The second kappa shape index (κ2) is 11.9. The number of piperidine rings is 1. The molecule has 2 aliphatic rings. The van der Waals surface area contributed by atoms with E-state index in [2.05, 4.69) is 57.0 Å². The van der Waals surface area contributed by atoms with Gasteiger partial charge in [0.15, 0.2) is 0 Å². The molecule has 3 aromatic rings. The SMILES string of the molecule is O=[N+]([O-])c1ccc(CN2CC(CN3CCC(O)(CCCc4ccccc4)CC3)C(c3ccsc3)C2)cc1. The number of likely N-dealkylation sites (tertiary alicyclic amines) is 2. The van der Waals surface area contributed by atoms with Gasteiger partial charge in [0, 0.05) is 57.3 Å². The molecule has 2 unspecified atom stereocenters. The highest BCUT2D eigenvalue weighted by Crippen LogP contribution is 2.36. The minimum Gasteiger partial charge on any atom is -0.390 e. The summed E-state index contributed by atoms with van der Waals surface area (Å²) in [4.78, 5) is 15.7.